The van der Waals surface area contributed by atoms with Gasteiger partial charge in [-0.1, -0.05) is 52.8 Å². The van der Waals surface area contributed by atoms with Gasteiger partial charge in [0.1, 0.15) is 23.5 Å². The highest BCUT2D eigenvalue weighted by atomic mass is 28.4. The van der Waals surface area contributed by atoms with Gasteiger partial charge >= 0.3 is 5.97 Å². The smallest absolute Gasteiger partial charge is 0.355 e. The SMILES string of the molecule is CO[C@@H]1CO[C@@H]([C@@H](C)O)[C@H](C)/C=C(/C)[C@]23O[C@H]4[C@H](C=C[C@@H]2C1)[C@H]3[C@H](O[Si](C)(C)C(C)(C)C)[C@@H](C)[C@H]4OC(=O)c1ccc[nH]1. The number of aliphatic hydroxyl groups excluding tert-OH is 1. The van der Waals surface area contributed by atoms with E-state index in [9.17, 15) is 9.90 Å². The second-order valence-corrected chi connectivity index (χ2v) is 19.7. The van der Waals surface area contributed by atoms with Gasteiger partial charge in [0.05, 0.1) is 31.0 Å². The second-order valence-electron chi connectivity index (χ2n) is 15.0. The Balaban J connectivity index is 1.65. The summed E-state index contributed by atoms with van der Waals surface area (Å²) in [7, 11) is -0.527. The lowest BCUT2D eigenvalue weighted by atomic mass is 9.57. The largest absolute Gasteiger partial charge is 0.455 e. The van der Waals surface area contributed by atoms with Gasteiger partial charge in [0.15, 0.2) is 8.32 Å². The summed E-state index contributed by atoms with van der Waals surface area (Å²) in [5, 5.41) is 10.7. The maximum absolute atomic E-state index is 13.4. The van der Waals surface area contributed by atoms with Gasteiger partial charge in [0.25, 0.3) is 0 Å². The van der Waals surface area contributed by atoms with Crippen molar-refractivity contribution in [2.24, 2.45) is 29.6 Å². The number of ether oxygens (including phenoxy) is 4. The third-order valence-electron chi connectivity index (χ3n) is 11.2. The van der Waals surface area contributed by atoms with Crippen LogP contribution in [0.15, 0.2) is 42.1 Å². The molecule has 12 atom stereocenters. The zero-order valence-corrected chi connectivity index (χ0v) is 28.6. The van der Waals surface area contributed by atoms with Gasteiger partial charge in [0, 0.05) is 42.9 Å². The van der Waals surface area contributed by atoms with Crippen LogP contribution < -0.4 is 0 Å². The predicted molar refractivity (Wildman–Crippen MR) is 168 cm³/mol. The summed E-state index contributed by atoms with van der Waals surface area (Å²) >= 11 is 0. The summed E-state index contributed by atoms with van der Waals surface area (Å²) in [5.74, 6) is -0.457. The lowest BCUT2D eigenvalue weighted by molar-refractivity contribution is -0.117. The lowest BCUT2D eigenvalue weighted by Gasteiger charge is -2.53. The van der Waals surface area contributed by atoms with Crippen molar-refractivity contribution in [1.82, 2.24) is 4.98 Å². The summed E-state index contributed by atoms with van der Waals surface area (Å²) in [5.41, 5.74) is 0.870. The quantitative estimate of drug-likeness (QED) is 0.233. The van der Waals surface area contributed by atoms with E-state index in [2.05, 4.69) is 77.8 Å². The first-order chi connectivity index (χ1) is 20.1. The van der Waals surface area contributed by atoms with Crippen molar-refractivity contribution in [3.05, 3.63) is 47.8 Å². The average molecular weight is 616 g/mol. The minimum absolute atomic E-state index is 0.000168. The van der Waals surface area contributed by atoms with E-state index in [0.29, 0.717) is 18.7 Å². The molecule has 9 heteroatoms. The van der Waals surface area contributed by atoms with E-state index in [-0.39, 0.29) is 65.0 Å². The van der Waals surface area contributed by atoms with E-state index in [4.69, 9.17) is 23.4 Å². The fourth-order valence-corrected chi connectivity index (χ4v) is 9.30. The fraction of sp³-hybridized carbons (Fsp3) is 0.735. The first-order valence-electron chi connectivity index (χ1n) is 16.0. The molecule has 1 aromatic heterocycles. The highest BCUT2D eigenvalue weighted by Gasteiger charge is 2.70. The van der Waals surface area contributed by atoms with Crippen LogP contribution in [0.2, 0.25) is 18.1 Å². The predicted octanol–water partition coefficient (Wildman–Crippen LogP) is 5.90. The Kier molecular flexibility index (Phi) is 9.01. The molecule has 2 aliphatic carbocycles. The summed E-state index contributed by atoms with van der Waals surface area (Å²) < 4.78 is 33.3. The van der Waals surface area contributed by atoms with E-state index in [1.165, 1.54) is 0 Å². The molecule has 1 saturated carbocycles. The number of H-pyrrole nitrogens is 1. The molecular formula is C34H53NO7Si. The Morgan fingerprint density at radius 2 is 1.93 bits per heavy atom. The number of rotatable bonds is 6. The second kappa shape index (κ2) is 11.9. The van der Waals surface area contributed by atoms with Crippen molar-refractivity contribution in [2.45, 2.75) is 115 Å². The minimum Gasteiger partial charge on any atom is -0.455 e. The standard InChI is InChI=1S/C34H53NO7Si/c1-19-16-20(2)34-23(17-24(38-8)18-39-28(19)22(4)36)13-14-25-27(34)29(42-43(9,10)33(5,6)7)21(3)30(31(25)41-34)40-32(37)26-12-11-15-35-26/h11-16,19,21-25,27-31,35-36H,17-18H2,1-10H3/b20-16-/t19-,21-,22-,23-,24+,25-,27+,28-,29-,30-,31+,34+/m1/s1. The fourth-order valence-electron chi connectivity index (χ4n) is 7.91. The topological polar surface area (TPSA) is 99.2 Å². The van der Waals surface area contributed by atoms with Crippen LogP contribution in [-0.2, 0) is 23.4 Å². The van der Waals surface area contributed by atoms with Crippen LogP contribution in [0, 0.1) is 29.6 Å². The van der Waals surface area contributed by atoms with Gasteiger partial charge in [0.2, 0.25) is 0 Å². The summed E-state index contributed by atoms with van der Waals surface area (Å²) in [6.07, 6.45) is 7.09. The van der Waals surface area contributed by atoms with Crippen LogP contribution in [0.3, 0.4) is 0 Å². The summed E-state index contributed by atoms with van der Waals surface area (Å²) in [4.78, 5) is 16.4. The number of carbonyl (C=O) groups is 1. The molecule has 0 unspecified atom stereocenters. The molecule has 8 nitrogen and oxygen atoms in total. The molecule has 43 heavy (non-hydrogen) atoms. The summed E-state index contributed by atoms with van der Waals surface area (Å²) in [6.45, 7) is 20.0. The van der Waals surface area contributed by atoms with Gasteiger partial charge in [-0.15, -0.1) is 0 Å². The van der Waals surface area contributed by atoms with Crippen molar-refractivity contribution < 1.29 is 33.3 Å². The highest BCUT2D eigenvalue weighted by molar-refractivity contribution is 6.74. The van der Waals surface area contributed by atoms with Gasteiger partial charge in [-0.25, -0.2) is 4.79 Å². The number of hydrogen-bond donors (Lipinski definition) is 2. The van der Waals surface area contributed by atoms with E-state index >= 15 is 0 Å². The number of methoxy groups -OCH3 is 1. The zero-order valence-electron chi connectivity index (χ0n) is 27.6. The maximum atomic E-state index is 13.4. The molecule has 1 aromatic rings. The maximum Gasteiger partial charge on any atom is 0.355 e. The first-order valence-corrected chi connectivity index (χ1v) is 18.9. The van der Waals surface area contributed by atoms with Crippen molar-refractivity contribution in [2.75, 3.05) is 13.7 Å². The Hall–Kier alpha value is -1.75. The Morgan fingerprint density at radius 1 is 1.21 bits per heavy atom. The zero-order chi connectivity index (χ0) is 31.5. The number of aromatic amines is 1. The highest BCUT2D eigenvalue weighted by Crippen LogP contribution is 2.62. The molecule has 2 aliphatic heterocycles. The lowest BCUT2D eigenvalue weighted by Crippen LogP contribution is -2.60. The minimum atomic E-state index is -2.25. The van der Waals surface area contributed by atoms with E-state index in [0.717, 1.165) is 5.57 Å². The number of aliphatic hydroxyl groups is 1. The molecule has 4 bridgehead atoms. The van der Waals surface area contributed by atoms with Gasteiger partial charge < -0.3 is 33.5 Å². The van der Waals surface area contributed by atoms with Crippen LogP contribution in [-0.4, -0.2) is 80.3 Å². The molecule has 1 saturated heterocycles. The van der Waals surface area contributed by atoms with Gasteiger partial charge in [-0.3, -0.25) is 0 Å². The number of hydrogen-bond acceptors (Lipinski definition) is 7. The number of aromatic nitrogens is 1. The normalized spacial score (nSPS) is 41.6. The van der Waals surface area contributed by atoms with Crippen molar-refractivity contribution >= 4 is 14.3 Å². The number of esters is 1. The molecule has 4 aliphatic rings. The monoisotopic (exact) mass is 615 g/mol. The van der Waals surface area contributed by atoms with Crippen molar-refractivity contribution in [3.8, 4) is 0 Å². The van der Waals surface area contributed by atoms with E-state index in [1.54, 1.807) is 32.4 Å². The summed E-state index contributed by atoms with van der Waals surface area (Å²) in [6, 6.07) is 3.54. The Bertz CT molecular complexity index is 1200. The van der Waals surface area contributed by atoms with Gasteiger partial charge in [-0.05, 0) is 56.1 Å². The molecule has 0 aromatic carbocycles. The molecule has 0 amide bonds. The van der Waals surface area contributed by atoms with E-state index in [1.807, 2.05) is 0 Å². The molecule has 1 spiro atoms. The third-order valence-corrected chi connectivity index (χ3v) is 15.7. The Morgan fingerprint density at radius 3 is 2.53 bits per heavy atom. The van der Waals surface area contributed by atoms with Gasteiger partial charge in [-0.2, -0.15) is 0 Å². The number of carbonyl (C=O) groups excluding carboxylic acids is 1. The van der Waals surface area contributed by atoms with Crippen LogP contribution >= 0.6 is 0 Å². The molecule has 2 N–H and O–H groups in total. The van der Waals surface area contributed by atoms with Crippen molar-refractivity contribution in [3.63, 3.8) is 0 Å². The Labute approximate surface area is 258 Å². The molecule has 3 heterocycles. The van der Waals surface area contributed by atoms with Crippen molar-refractivity contribution in [1.29, 1.82) is 0 Å². The molecule has 5 rings (SSSR count). The van der Waals surface area contributed by atoms with E-state index < -0.39 is 26.1 Å². The number of nitrogens with one attached hydrogen (secondary N) is 1. The molecule has 2 fully saturated rings. The van der Waals surface area contributed by atoms with Crippen LogP contribution in [0.4, 0.5) is 0 Å². The third kappa shape index (κ3) is 5.63. The van der Waals surface area contributed by atoms with Crippen LogP contribution in [0.5, 0.6) is 0 Å². The first kappa shape index (κ1) is 32.6. The molecule has 240 valence electrons. The van der Waals surface area contributed by atoms with Crippen LogP contribution in [0.25, 0.3) is 0 Å². The average Bonchev–Trinajstić information content (AvgIpc) is 3.52. The molecular weight excluding hydrogens is 562 g/mol. The van der Waals surface area contributed by atoms with Crippen LogP contribution in [0.1, 0.15) is 65.4 Å². The molecule has 0 radical (unpaired) electrons.